The van der Waals surface area contributed by atoms with E-state index in [-0.39, 0.29) is 17.5 Å². The highest BCUT2D eigenvalue weighted by molar-refractivity contribution is 5.94. The fraction of sp³-hybridized carbons (Fsp3) is 0.400. The summed E-state index contributed by atoms with van der Waals surface area (Å²) in [4.78, 5) is 15.1. The number of carbonyl (C=O) groups excluding carboxylic acids is 1. The molecule has 1 aromatic heterocycles. The second kappa shape index (κ2) is 3.84. The van der Waals surface area contributed by atoms with Crippen LogP contribution in [-0.4, -0.2) is 16.0 Å². The molecular formula is C10H13FN2O2. The summed E-state index contributed by atoms with van der Waals surface area (Å²) in [6, 6.07) is 0.894. The van der Waals surface area contributed by atoms with E-state index in [4.69, 9.17) is 0 Å². The van der Waals surface area contributed by atoms with Crippen molar-refractivity contribution in [3.05, 3.63) is 18.1 Å². The summed E-state index contributed by atoms with van der Waals surface area (Å²) < 4.78 is 12.6. The molecule has 0 aliphatic carbocycles. The quantitative estimate of drug-likeness (QED) is 0.747. The summed E-state index contributed by atoms with van der Waals surface area (Å²) in [7, 11) is 0. The van der Waals surface area contributed by atoms with Crippen molar-refractivity contribution < 1.29 is 14.3 Å². The van der Waals surface area contributed by atoms with Crippen molar-refractivity contribution in [2.24, 2.45) is 5.41 Å². The number of hydrogen-bond acceptors (Lipinski definition) is 3. The normalized spacial score (nSPS) is 11.2. The van der Waals surface area contributed by atoms with Gasteiger partial charge >= 0.3 is 0 Å². The first-order valence-corrected chi connectivity index (χ1v) is 4.46. The molecule has 0 saturated heterocycles. The van der Waals surface area contributed by atoms with Crippen molar-refractivity contribution >= 4 is 11.7 Å². The lowest BCUT2D eigenvalue weighted by molar-refractivity contribution is -0.123. The van der Waals surface area contributed by atoms with E-state index in [0.717, 1.165) is 12.3 Å². The van der Waals surface area contributed by atoms with Crippen molar-refractivity contribution in [2.75, 3.05) is 5.32 Å². The van der Waals surface area contributed by atoms with E-state index < -0.39 is 11.2 Å². The number of pyridine rings is 1. The molecule has 15 heavy (non-hydrogen) atoms. The molecular weight excluding hydrogens is 199 g/mol. The van der Waals surface area contributed by atoms with Gasteiger partial charge in [-0.25, -0.2) is 9.37 Å². The van der Waals surface area contributed by atoms with Crippen LogP contribution in [0.15, 0.2) is 12.3 Å². The predicted molar refractivity (Wildman–Crippen MR) is 53.9 cm³/mol. The van der Waals surface area contributed by atoms with Crippen molar-refractivity contribution in [3.8, 4) is 5.75 Å². The molecule has 0 aliphatic heterocycles. The smallest absolute Gasteiger partial charge is 0.231 e. The van der Waals surface area contributed by atoms with Gasteiger partial charge in [-0.15, -0.1) is 0 Å². The second-order valence-electron chi connectivity index (χ2n) is 4.23. The number of carbonyl (C=O) groups is 1. The number of nitrogens with zero attached hydrogens (tertiary/aromatic N) is 1. The average molecular weight is 212 g/mol. The van der Waals surface area contributed by atoms with Crippen LogP contribution in [0.3, 0.4) is 0 Å². The van der Waals surface area contributed by atoms with E-state index in [9.17, 15) is 14.3 Å². The van der Waals surface area contributed by atoms with Crippen LogP contribution < -0.4 is 5.32 Å². The van der Waals surface area contributed by atoms with Crippen LogP contribution in [0.25, 0.3) is 0 Å². The van der Waals surface area contributed by atoms with Crippen LogP contribution >= 0.6 is 0 Å². The van der Waals surface area contributed by atoms with E-state index in [0.29, 0.717) is 0 Å². The Morgan fingerprint density at radius 2 is 2.13 bits per heavy atom. The molecule has 0 fully saturated rings. The molecule has 1 aromatic rings. The summed E-state index contributed by atoms with van der Waals surface area (Å²) in [6.45, 7) is 5.18. The van der Waals surface area contributed by atoms with Gasteiger partial charge in [-0.05, 0) is 0 Å². The maximum absolute atomic E-state index is 12.6. The van der Waals surface area contributed by atoms with Crippen molar-refractivity contribution in [1.29, 1.82) is 0 Å². The number of aromatic nitrogens is 1. The number of aromatic hydroxyl groups is 1. The molecule has 0 radical (unpaired) electrons. The monoisotopic (exact) mass is 212 g/mol. The lowest BCUT2D eigenvalue weighted by Crippen LogP contribution is -2.28. The Hall–Kier alpha value is -1.65. The standard InChI is InChI=1S/C10H13FN2O2/c1-10(2,3)9(15)13-8-7(14)4-6(11)5-12-8/h4-5,14H,1-3H3,(H,12,13,15). The first-order valence-electron chi connectivity index (χ1n) is 4.46. The summed E-state index contributed by atoms with van der Waals surface area (Å²) in [5, 5.41) is 11.7. The highest BCUT2D eigenvalue weighted by Gasteiger charge is 2.22. The van der Waals surface area contributed by atoms with Crippen molar-refractivity contribution in [3.63, 3.8) is 0 Å². The molecule has 0 spiro atoms. The Morgan fingerprint density at radius 1 is 1.53 bits per heavy atom. The van der Waals surface area contributed by atoms with Gasteiger partial charge in [-0.1, -0.05) is 20.8 Å². The summed E-state index contributed by atoms with van der Waals surface area (Å²) in [5.41, 5.74) is -0.595. The SMILES string of the molecule is CC(C)(C)C(=O)Nc1ncc(F)cc1O. The van der Waals surface area contributed by atoms with E-state index in [1.54, 1.807) is 20.8 Å². The Kier molecular flexibility index (Phi) is 2.93. The summed E-state index contributed by atoms with van der Waals surface area (Å²) in [5.74, 6) is -1.36. The predicted octanol–water partition coefficient (Wildman–Crippen LogP) is 1.91. The first-order chi connectivity index (χ1) is 6.80. The van der Waals surface area contributed by atoms with Gasteiger partial charge in [0.25, 0.3) is 0 Å². The maximum Gasteiger partial charge on any atom is 0.231 e. The van der Waals surface area contributed by atoms with Crippen LogP contribution in [0.1, 0.15) is 20.8 Å². The first kappa shape index (κ1) is 11.4. The van der Waals surface area contributed by atoms with Crippen molar-refractivity contribution in [1.82, 2.24) is 4.98 Å². The van der Waals surface area contributed by atoms with Crippen LogP contribution in [0, 0.1) is 11.2 Å². The summed E-state index contributed by atoms with van der Waals surface area (Å²) in [6.07, 6.45) is 0.929. The minimum atomic E-state index is -0.652. The zero-order valence-corrected chi connectivity index (χ0v) is 8.84. The minimum absolute atomic E-state index is 0.0312. The molecule has 4 nitrogen and oxygen atoms in total. The van der Waals surface area contributed by atoms with Crippen LogP contribution in [0.2, 0.25) is 0 Å². The van der Waals surface area contributed by atoms with E-state index in [1.807, 2.05) is 0 Å². The summed E-state index contributed by atoms with van der Waals surface area (Å²) >= 11 is 0. The van der Waals surface area contributed by atoms with Gasteiger partial charge in [0.1, 0.15) is 5.82 Å². The third kappa shape index (κ3) is 2.90. The molecule has 0 unspecified atom stereocenters. The van der Waals surface area contributed by atoms with Gasteiger partial charge in [0.05, 0.1) is 6.20 Å². The Labute approximate surface area is 87.1 Å². The molecule has 2 N–H and O–H groups in total. The van der Waals surface area contributed by atoms with Crippen LogP contribution in [-0.2, 0) is 4.79 Å². The number of anilines is 1. The molecule has 5 heteroatoms. The van der Waals surface area contributed by atoms with Crippen LogP contribution in [0.5, 0.6) is 5.75 Å². The topological polar surface area (TPSA) is 62.2 Å². The van der Waals surface area contributed by atoms with Gasteiger partial charge in [-0.3, -0.25) is 4.79 Å². The van der Waals surface area contributed by atoms with Gasteiger partial charge in [-0.2, -0.15) is 0 Å². The fourth-order valence-electron chi connectivity index (χ4n) is 0.820. The van der Waals surface area contributed by atoms with Gasteiger partial charge in [0, 0.05) is 11.5 Å². The number of amides is 1. The molecule has 1 amide bonds. The average Bonchev–Trinajstić information content (AvgIpc) is 2.08. The number of hydrogen-bond donors (Lipinski definition) is 2. The Bertz CT molecular complexity index is 385. The van der Waals surface area contributed by atoms with E-state index >= 15 is 0 Å². The van der Waals surface area contributed by atoms with Crippen LogP contribution in [0.4, 0.5) is 10.2 Å². The fourth-order valence-corrected chi connectivity index (χ4v) is 0.820. The highest BCUT2D eigenvalue weighted by atomic mass is 19.1. The Morgan fingerprint density at radius 3 is 2.60 bits per heavy atom. The molecule has 0 bridgehead atoms. The van der Waals surface area contributed by atoms with E-state index in [2.05, 4.69) is 10.3 Å². The van der Waals surface area contributed by atoms with E-state index in [1.165, 1.54) is 0 Å². The maximum atomic E-state index is 12.6. The van der Waals surface area contributed by atoms with Gasteiger partial charge in [0.2, 0.25) is 5.91 Å². The highest BCUT2D eigenvalue weighted by Crippen LogP contribution is 2.23. The zero-order valence-electron chi connectivity index (χ0n) is 8.84. The number of rotatable bonds is 1. The zero-order chi connectivity index (χ0) is 11.6. The molecule has 1 rings (SSSR count). The largest absolute Gasteiger partial charge is 0.504 e. The number of halogens is 1. The number of nitrogens with one attached hydrogen (secondary N) is 1. The molecule has 0 atom stereocenters. The van der Waals surface area contributed by atoms with Crippen molar-refractivity contribution in [2.45, 2.75) is 20.8 Å². The molecule has 82 valence electrons. The lowest BCUT2D eigenvalue weighted by atomic mass is 9.96. The second-order valence-corrected chi connectivity index (χ2v) is 4.23. The third-order valence-corrected chi connectivity index (χ3v) is 1.75. The lowest BCUT2D eigenvalue weighted by Gasteiger charge is -2.17. The molecule has 0 aromatic carbocycles. The van der Waals surface area contributed by atoms with Gasteiger partial charge < -0.3 is 10.4 Å². The molecule has 0 aliphatic rings. The molecule has 1 heterocycles. The van der Waals surface area contributed by atoms with Gasteiger partial charge in [0.15, 0.2) is 11.6 Å². The minimum Gasteiger partial charge on any atom is -0.504 e. The Balaban J connectivity index is 2.87. The molecule has 0 saturated carbocycles. The third-order valence-electron chi connectivity index (χ3n) is 1.75.